The van der Waals surface area contributed by atoms with E-state index >= 15 is 0 Å². The molecule has 3 rings (SSSR count). The van der Waals surface area contributed by atoms with E-state index in [0.29, 0.717) is 30.3 Å². The zero-order valence-corrected chi connectivity index (χ0v) is 13.3. The van der Waals surface area contributed by atoms with Crippen LogP contribution in [-0.4, -0.2) is 39.6 Å². The van der Waals surface area contributed by atoms with E-state index in [9.17, 15) is 4.79 Å². The van der Waals surface area contributed by atoms with Crippen molar-refractivity contribution in [3.8, 4) is 17.2 Å². The van der Waals surface area contributed by atoms with Crippen molar-refractivity contribution in [2.75, 3.05) is 28.0 Å². The fourth-order valence-electron chi connectivity index (χ4n) is 3.33. The first-order chi connectivity index (χ1) is 10.6. The second-order valence-corrected chi connectivity index (χ2v) is 5.67. The largest absolute Gasteiger partial charge is 0.493 e. The molecule has 22 heavy (non-hydrogen) atoms. The van der Waals surface area contributed by atoms with Crippen LogP contribution in [0, 0.1) is 5.41 Å². The van der Waals surface area contributed by atoms with Crippen molar-refractivity contribution in [1.82, 2.24) is 5.32 Å². The van der Waals surface area contributed by atoms with Gasteiger partial charge < -0.3 is 19.5 Å². The molecule has 0 radical (unpaired) electrons. The minimum atomic E-state index is -0.601. The van der Waals surface area contributed by atoms with E-state index in [-0.39, 0.29) is 5.91 Å². The molecule has 0 fully saturated rings. The number of hydrogen-bond donors (Lipinski definition) is 1. The number of carbonyl (C=O) groups is 1. The molecule has 1 amide bonds. The number of hydrogen-bond acceptors (Lipinski definition) is 5. The van der Waals surface area contributed by atoms with Crippen LogP contribution in [-0.2, 0) is 11.2 Å². The summed E-state index contributed by atoms with van der Waals surface area (Å²) in [5.41, 5.74) is 2.14. The summed E-state index contributed by atoms with van der Waals surface area (Å²) in [5, 5.41) is 2.82. The molecule has 1 N–H and O–H groups in total. The van der Waals surface area contributed by atoms with Crippen molar-refractivity contribution >= 4 is 11.6 Å². The van der Waals surface area contributed by atoms with E-state index in [1.54, 1.807) is 21.3 Å². The highest BCUT2D eigenvalue weighted by Crippen LogP contribution is 2.48. The Labute approximate surface area is 129 Å². The van der Waals surface area contributed by atoms with Gasteiger partial charge in [0.1, 0.15) is 6.67 Å². The molecule has 0 saturated carbocycles. The van der Waals surface area contributed by atoms with Crippen LogP contribution >= 0.6 is 0 Å². The summed E-state index contributed by atoms with van der Waals surface area (Å²) in [5.74, 6) is 1.84. The fourth-order valence-corrected chi connectivity index (χ4v) is 3.33. The van der Waals surface area contributed by atoms with Gasteiger partial charge in [-0.15, -0.1) is 0 Å². The Morgan fingerprint density at radius 3 is 2.55 bits per heavy atom. The SMILES string of the molecule is COc1cc2c(c(OC)c1OC)CC[C@@]1(C)C(=O)NCN=C21. The van der Waals surface area contributed by atoms with Crippen LogP contribution in [0.3, 0.4) is 0 Å². The average molecular weight is 304 g/mol. The summed E-state index contributed by atoms with van der Waals surface area (Å²) in [6.07, 6.45) is 1.41. The van der Waals surface area contributed by atoms with Gasteiger partial charge in [0, 0.05) is 11.1 Å². The Morgan fingerprint density at radius 2 is 1.91 bits per heavy atom. The van der Waals surface area contributed by atoms with E-state index in [1.165, 1.54) is 0 Å². The molecule has 1 aromatic rings. The normalized spacial score (nSPS) is 22.9. The second kappa shape index (κ2) is 5.19. The van der Waals surface area contributed by atoms with Crippen LogP contribution in [0.15, 0.2) is 11.1 Å². The van der Waals surface area contributed by atoms with E-state index in [1.807, 2.05) is 13.0 Å². The highest BCUT2D eigenvalue weighted by molar-refractivity contribution is 6.19. The third kappa shape index (κ3) is 1.86. The lowest BCUT2D eigenvalue weighted by molar-refractivity contribution is -0.127. The van der Waals surface area contributed by atoms with Crippen molar-refractivity contribution in [2.24, 2.45) is 10.4 Å². The van der Waals surface area contributed by atoms with E-state index in [4.69, 9.17) is 14.2 Å². The average Bonchev–Trinajstić information content (AvgIpc) is 2.54. The molecule has 0 unspecified atom stereocenters. The molecule has 0 saturated heterocycles. The van der Waals surface area contributed by atoms with Gasteiger partial charge in [0.15, 0.2) is 11.5 Å². The summed E-state index contributed by atoms with van der Waals surface area (Å²) in [4.78, 5) is 16.9. The van der Waals surface area contributed by atoms with Crippen molar-refractivity contribution < 1.29 is 19.0 Å². The van der Waals surface area contributed by atoms with E-state index in [2.05, 4.69) is 10.3 Å². The first-order valence-electron chi connectivity index (χ1n) is 7.22. The smallest absolute Gasteiger partial charge is 0.233 e. The van der Waals surface area contributed by atoms with Gasteiger partial charge >= 0.3 is 0 Å². The van der Waals surface area contributed by atoms with Gasteiger partial charge in [0.25, 0.3) is 0 Å². The summed E-state index contributed by atoms with van der Waals surface area (Å²) < 4.78 is 16.4. The number of ether oxygens (including phenoxy) is 3. The Bertz CT molecular complexity index is 669. The lowest BCUT2D eigenvalue weighted by Crippen LogP contribution is -2.51. The molecule has 1 aliphatic heterocycles. The highest BCUT2D eigenvalue weighted by atomic mass is 16.5. The number of rotatable bonds is 3. The molecule has 6 nitrogen and oxygen atoms in total. The number of nitrogens with one attached hydrogen (secondary N) is 1. The molecule has 1 aliphatic carbocycles. The Morgan fingerprint density at radius 1 is 1.18 bits per heavy atom. The molecular weight excluding hydrogens is 284 g/mol. The predicted molar refractivity (Wildman–Crippen MR) is 82.1 cm³/mol. The quantitative estimate of drug-likeness (QED) is 0.919. The maximum atomic E-state index is 12.3. The molecule has 1 atom stereocenters. The number of amides is 1. The number of aliphatic imine (C=N–C) groups is 1. The number of benzene rings is 1. The zero-order chi connectivity index (χ0) is 15.9. The van der Waals surface area contributed by atoms with E-state index < -0.39 is 5.41 Å². The number of nitrogens with zero attached hydrogens (tertiary/aromatic N) is 1. The number of carbonyl (C=O) groups excluding carboxylic acids is 1. The topological polar surface area (TPSA) is 69.2 Å². The van der Waals surface area contributed by atoms with Gasteiger partial charge in [-0.25, -0.2) is 0 Å². The summed E-state index contributed by atoms with van der Waals surface area (Å²) in [6.45, 7) is 2.24. The van der Waals surface area contributed by atoms with Crippen LogP contribution in [0.4, 0.5) is 0 Å². The minimum absolute atomic E-state index is 0.0249. The maximum absolute atomic E-state index is 12.3. The van der Waals surface area contributed by atoms with Gasteiger partial charge in [-0.2, -0.15) is 0 Å². The molecule has 118 valence electrons. The molecular formula is C16H20N2O4. The first-order valence-corrected chi connectivity index (χ1v) is 7.22. The summed E-state index contributed by atoms with van der Waals surface area (Å²) >= 11 is 0. The Kier molecular flexibility index (Phi) is 3.47. The second-order valence-electron chi connectivity index (χ2n) is 5.67. The minimum Gasteiger partial charge on any atom is -0.493 e. The first kappa shape index (κ1) is 14.7. The molecule has 0 spiro atoms. The lowest BCUT2D eigenvalue weighted by atomic mass is 9.69. The Balaban J connectivity index is 2.26. The maximum Gasteiger partial charge on any atom is 0.233 e. The van der Waals surface area contributed by atoms with Gasteiger partial charge in [-0.1, -0.05) is 0 Å². The van der Waals surface area contributed by atoms with Gasteiger partial charge in [-0.05, 0) is 25.8 Å². The van der Waals surface area contributed by atoms with Gasteiger partial charge in [0.2, 0.25) is 11.7 Å². The fraction of sp³-hybridized carbons (Fsp3) is 0.500. The molecule has 1 heterocycles. The lowest BCUT2D eigenvalue weighted by Gasteiger charge is -2.38. The molecule has 6 heteroatoms. The molecule has 1 aromatic carbocycles. The van der Waals surface area contributed by atoms with Crippen molar-refractivity contribution in [3.05, 3.63) is 17.2 Å². The van der Waals surface area contributed by atoms with Crippen molar-refractivity contribution in [2.45, 2.75) is 19.8 Å². The highest BCUT2D eigenvalue weighted by Gasteiger charge is 2.45. The van der Waals surface area contributed by atoms with Crippen LogP contribution in [0.25, 0.3) is 0 Å². The number of fused-ring (bicyclic) bond motifs is 3. The zero-order valence-electron chi connectivity index (χ0n) is 13.3. The van der Waals surface area contributed by atoms with Crippen molar-refractivity contribution in [3.63, 3.8) is 0 Å². The number of methoxy groups -OCH3 is 3. The molecule has 0 aromatic heterocycles. The molecule has 2 aliphatic rings. The van der Waals surface area contributed by atoms with Crippen LogP contribution in [0.2, 0.25) is 0 Å². The van der Waals surface area contributed by atoms with Crippen molar-refractivity contribution in [1.29, 1.82) is 0 Å². The van der Waals surface area contributed by atoms with Gasteiger partial charge in [0.05, 0.1) is 32.5 Å². The third-order valence-corrected chi connectivity index (χ3v) is 4.56. The van der Waals surface area contributed by atoms with E-state index in [0.717, 1.165) is 23.3 Å². The summed E-state index contributed by atoms with van der Waals surface area (Å²) in [7, 11) is 4.78. The van der Waals surface area contributed by atoms with Crippen LogP contribution in [0.1, 0.15) is 24.5 Å². The van der Waals surface area contributed by atoms with Crippen LogP contribution in [0.5, 0.6) is 17.2 Å². The van der Waals surface area contributed by atoms with Gasteiger partial charge in [-0.3, -0.25) is 9.79 Å². The van der Waals surface area contributed by atoms with Crippen LogP contribution < -0.4 is 19.5 Å². The third-order valence-electron chi connectivity index (χ3n) is 4.56. The Hall–Kier alpha value is -2.24. The summed E-state index contributed by atoms with van der Waals surface area (Å²) in [6, 6.07) is 1.89. The molecule has 0 bridgehead atoms. The predicted octanol–water partition coefficient (Wildman–Crippen LogP) is 1.54. The standard InChI is InChI=1S/C16H20N2O4/c1-16-6-5-9-10(14(16)17-8-18-15(16)19)7-11(20-2)13(22-4)12(9)21-3/h7H,5-6,8H2,1-4H3,(H,18,19)/t16-/m1/s1. The monoisotopic (exact) mass is 304 g/mol.